The van der Waals surface area contributed by atoms with Crippen LogP contribution in [0.5, 0.6) is 0 Å². The standard InChI is InChI=1S/C15H13N3O5S/c19-15-7-11-6-10(4-5-14(11)17-15)9-16-24(22,23)13-3-1-2-12(8-13)18(20)21/h1-6,8,16H,7,9H2,(H,17,19). The van der Waals surface area contributed by atoms with E-state index in [0.29, 0.717) is 5.56 Å². The molecular weight excluding hydrogens is 334 g/mol. The third-order valence-corrected chi connectivity index (χ3v) is 5.00. The van der Waals surface area contributed by atoms with Crippen LogP contribution in [0.4, 0.5) is 11.4 Å². The Morgan fingerprint density at radius 1 is 1.21 bits per heavy atom. The maximum Gasteiger partial charge on any atom is 0.270 e. The lowest BCUT2D eigenvalue weighted by molar-refractivity contribution is -0.385. The minimum Gasteiger partial charge on any atom is -0.326 e. The fraction of sp³-hybridized carbons (Fsp3) is 0.133. The molecule has 0 aliphatic carbocycles. The summed E-state index contributed by atoms with van der Waals surface area (Å²) in [5, 5.41) is 13.4. The number of rotatable bonds is 5. The Morgan fingerprint density at radius 3 is 2.75 bits per heavy atom. The predicted octanol–water partition coefficient (Wildman–Crippen LogP) is 1.57. The van der Waals surface area contributed by atoms with E-state index in [4.69, 9.17) is 0 Å². The van der Waals surface area contributed by atoms with Crippen molar-refractivity contribution in [1.29, 1.82) is 0 Å². The monoisotopic (exact) mass is 347 g/mol. The minimum atomic E-state index is -3.88. The summed E-state index contributed by atoms with van der Waals surface area (Å²) in [6, 6.07) is 10.0. The number of hydrogen-bond donors (Lipinski definition) is 2. The van der Waals surface area contributed by atoms with Crippen LogP contribution in [0.15, 0.2) is 47.4 Å². The Bertz CT molecular complexity index is 940. The van der Waals surface area contributed by atoms with Crippen molar-refractivity contribution in [2.75, 3.05) is 5.32 Å². The van der Waals surface area contributed by atoms with Crippen LogP contribution in [0.25, 0.3) is 0 Å². The number of fused-ring (bicyclic) bond motifs is 1. The maximum atomic E-state index is 12.3. The highest BCUT2D eigenvalue weighted by Crippen LogP contribution is 2.24. The number of sulfonamides is 1. The molecule has 1 aliphatic rings. The summed E-state index contributed by atoms with van der Waals surface area (Å²) in [4.78, 5) is 21.3. The number of anilines is 1. The third-order valence-electron chi connectivity index (χ3n) is 3.60. The molecule has 0 unspecified atom stereocenters. The molecule has 2 aromatic carbocycles. The van der Waals surface area contributed by atoms with Crippen molar-refractivity contribution in [3.05, 3.63) is 63.7 Å². The quantitative estimate of drug-likeness (QED) is 0.628. The van der Waals surface area contributed by atoms with Crippen LogP contribution < -0.4 is 10.0 Å². The number of nitro benzene ring substituents is 1. The van der Waals surface area contributed by atoms with Crippen molar-refractivity contribution >= 4 is 27.3 Å². The molecule has 0 fully saturated rings. The number of benzene rings is 2. The molecule has 1 amide bonds. The first kappa shape index (κ1) is 16.1. The molecule has 3 rings (SSSR count). The Morgan fingerprint density at radius 2 is 2.00 bits per heavy atom. The van der Waals surface area contributed by atoms with E-state index in [9.17, 15) is 23.3 Å². The van der Waals surface area contributed by atoms with Gasteiger partial charge in [-0.2, -0.15) is 0 Å². The normalized spacial score (nSPS) is 13.4. The number of non-ortho nitro benzene ring substituents is 1. The van der Waals surface area contributed by atoms with E-state index in [1.54, 1.807) is 18.2 Å². The molecule has 0 spiro atoms. The van der Waals surface area contributed by atoms with E-state index in [-0.39, 0.29) is 29.5 Å². The van der Waals surface area contributed by atoms with Gasteiger partial charge in [-0.3, -0.25) is 14.9 Å². The van der Waals surface area contributed by atoms with Crippen molar-refractivity contribution in [3.63, 3.8) is 0 Å². The first-order valence-electron chi connectivity index (χ1n) is 7.01. The number of nitrogens with one attached hydrogen (secondary N) is 2. The summed E-state index contributed by atoms with van der Waals surface area (Å²) < 4.78 is 26.9. The second-order valence-electron chi connectivity index (χ2n) is 5.30. The maximum absolute atomic E-state index is 12.3. The van der Waals surface area contributed by atoms with Gasteiger partial charge in [0, 0.05) is 24.4 Å². The van der Waals surface area contributed by atoms with E-state index in [0.717, 1.165) is 17.3 Å². The van der Waals surface area contributed by atoms with Crippen LogP contribution in [0.2, 0.25) is 0 Å². The number of nitrogens with zero attached hydrogens (tertiary/aromatic N) is 1. The lowest BCUT2D eigenvalue weighted by atomic mass is 10.1. The summed E-state index contributed by atoms with van der Waals surface area (Å²) in [5.41, 5.74) is 1.94. The molecule has 124 valence electrons. The number of carbonyl (C=O) groups is 1. The van der Waals surface area contributed by atoms with Crippen LogP contribution in [0, 0.1) is 10.1 Å². The SMILES string of the molecule is O=C1Cc2cc(CNS(=O)(=O)c3cccc([N+](=O)[O-])c3)ccc2N1. The molecule has 0 saturated carbocycles. The topological polar surface area (TPSA) is 118 Å². The van der Waals surface area contributed by atoms with Gasteiger partial charge in [0.15, 0.2) is 0 Å². The first-order chi connectivity index (χ1) is 11.3. The molecule has 0 atom stereocenters. The van der Waals surface area contributed by atoms with Crippen molar-refractivity contribution in [2.45, 2.75) is 17.9 Å². The molecule has 8 nitrogen and oxygen atoms in total. The average Bonchev–Trinajstić information content (AvgIpc) is 2.92. The van der Waals surface area contributed by atoms with Gasteiger partial charge in [0.2, 0.25) is 15.9 Å². The molecule has 9 heteroatoms. The molecule has 0 aromatic heterocycles. The molecular formula is C15H13N3O5S. The highest BCUT2D eigenvalue weighted by atomic mass is 32.2. The van der Waals surface area contributed by atoms with Crippen LogP contribution >= 0.6 is 0 Å². The number of nitro groups is 1. The summed E-state index contributed by atoms with van der Waals surface area (Å²) in [6.07, 6.45) is 0.265. The lowest BCUT2D eigenvalue weighted by Gasteiger charge is -2.08. The van der Waals surface area contributed by atoms with Gasteiger partial charge >= 0.3 is 0 Å². The lowest BCUT2D eigenvalue weighted by Crippen LogP contribution is -2.23. The highest BCUT2D eigenvalue weighted by Gasteiger charge is 2.19. The van der Waals surface area contributed by atoms with Gasteiger partial charge in [-0.1, -0.05) is 18.2 Å². The molecule has 0 saturated heterocycles. The average molecular weight is 347 g/mol. The zero-order valence-electron chi connectivity index (χ0n) is 12.4. The van der Waals surface area contributed by atoms with Crippen molar-refractivity contribution in [1.82, 2.24) is 4.72 Å². The van der Waals surface area contributed by atoms with Crippen LogP contribution in [0.1, 0.15) is 11.1 Å². The Hall–Kier alpha value is -2.78. The minimum absolute atomic E-state index is 0.0203. The number of carbonyl (C=O) groups excluding carboxylic acids is 1. The van der Waals surface area contributed by atoms with E-state index in [1.807, 2.05) is 0 Å². The molecule has 2 aromatic rings. The molecule has 0 bridgehead atoms. The Kier molecular flexibility index (Phi) is 4.04. The number of hydrogen-bond acceptors (Lipinski definition) is 5. The summed E-state index contributed by atoms with van der Waals surface area (Å²) in [7, 11) is -3.88. The van der Waals surface area contributed by atoms with Gasteiger partial charge in [0.05, 0.1) is 16.2 Å². The zero-order valence-corrected chi connectivity index (χ0v) is 13.2. The summed E-state index contributed by atoms with van der Waals surface area (Å²) >= 11 is 0. The number of amides is 1. The molecule has 24 heavy (non-hydrogen) atoms. The van der Waals surface area contributed by atoms with Gasteiger partial charge < -0.3 is 5.32 Å². The van der Waals surface area contributed by atoms with E-state index < -0.39 is 14.9 Å². The smallest absolute Gasteiger partial charge is 0.270 e. The highest BCUT2D eigenvalue weighted by molar-refractivity contribution is 7.89. The second-order valence-corrected chi connectivity index (χ2v) is 7.06. The molecule has 0 radical (unpaired) electrons. The Balaban J connectivity index is 1.76. The summed E-state index contributed by atoms with van der Waals surface area (Å²) in [6.45, 7) is 0.0203. The molecule has 1 aliphatic heterocycles. The van der Waals surface area contributed by atoms with Gasteiger partial charge in [0.25, 0.3) is 5.69 Å². The van der Waals surface area contributed by atoms with Crippen LogP contribution in [-0.2, 0) is 27.8 Å². The molecule has 2 N–H and O–H groups in total. The first-order valence-corrected chi connectivity index (χ1v) is 8.49. The van der Waals surface area contributed by atoms with Gasteiger partial charge in [-0.15, -0.1) is 0 Å². The van der Waals surface area contributed by atoms with Gasteiger partial charge in [0.1, 0.15) is 0 Å². The fourth-order valence-corrected chi connectivity index (χ4v) is 3.48. The second kappa shape index (κ2) is 6.02. The predicted molar refractivity (Wildman–Crippen MR) is 85.9 cm³/mol. The molecule has 1 heterocycles. The van der Waals surface area contributed by atoms with Crippen molar-refractivity contribution in [2.24, 2.45) is 0 Å². The van der Waals surface area contributed by atoms with Crippen LogP contribution in [0.3, 0.4) is 0 Å². The Labute approximate surface area is 137 Å². The van der Waals surface area contributed by atoms with Crippen molar-refractivity contribution in [3.8, 4) is 0 Å². The largest absolute Gasteiger partial charge is 0.326 e. The van der Waals surface area contributed by atoms with E-state index in [2.05, 4.69) is 10.0 Å². The zero-order chi connectivity index (χ0) is 17.3. The van der Waals surface area contributed by atoms with Crippen LogP contribution in [-0.4, -0.2) is 19.2 Å². The van der Waals surface area contributed by atoms with E-state index in [1.165, 1.54) is 18.2 Å². The van der Waals surface area contributed by atoms with E-state index >= 15 is 0 Å². The van der Waals surface area contributed by atoms with Crippen molar-refractivity contribution < 1.29 is 18.1 Å². The third kappa shape index (κ3) is 3.26. The summed E-state index contributed by atoms with van der Waals surface area (Å²) in [5.74, 6) is -0.0978. The fourth-order valence-electron chi connectivity index (χ4n) is 2.42. The van der Waals surface area contributed by atoms with Gasteiger partial charge in [-0.25, -0.2) is 13.1 Å². The van der Waals surface area contributed by atoms with Gasteiger partial charge in [-0.05, 0) is 23.3 Å².